The molecule has 6 heteroatoms. The largest absolute Gasteiger partial charge is 0.465 e. The smallest absolute Gasteiger partial charge is 0.337 e. The molecule has 0 fully saturated rings. The molecule has 1 N–H and O–H groups in total. The summed E-state index contributed by atoms with van der Waals surface area (Å²) in [6.07, 6.45) is 0. The Balaban J connectivity index is 2.48. The van der Waals surface area contributed by atoms with Gasteiger partial charge in [-0.05, 0) is 48.2 Å². The molecule has 0 unspecified atom stereocenters. The number of rotatable bonds is 4. The van der Waals surface area contributed by atoms with Crippen molar-refractivity contribution in [3.05, 3.63) is 59.2 Å². The number of carbonyl (C=O) groups excluding carboxylic acids is 1. The highest BCUT2D eigenvalue weighted by Crippen LogP contribution is 2.32. The molecule has 0 aliphatic rings. The minimum Gasteiger partial charge on any atom is -0.465 e. The summed E-state index contributed by atoms with van der Waals surface area (Å²) in [5, 5.41) is 0. The van der Waals surface area contributed by atoms with E-state index in [2.05, 4.69) is 4.72 Å². The molecule has 0 aliphatic heterocycles. The molecule has 0 aromatic heterocycles. The van der Waals surface area contributed by atoms with E-state index in [0.29, 0.717) is 16.8 Å². The van der Waals surface area contributed by atoms with Crippen LogP contribution in [0.2, 0.25) is 0 Å². The average molecular weight is 361 g/mol. The second kappa shape index (κ2) is 6.88. The number of hydrogen-bond donors (Lipinski definition) is 1. The molecule has 0 radical (unpaired) electrons. The molecule has 0 heterocycles. The lowest BCUT2D eigenvalue weighted by molar-refractivity contribution is 0.0600. The van der Waals surface area contributed by atoms with E-state index in [1.165, 1.54) is 7.11 Å². The lowest BCUT2D eigenvalue weighted by atomic mass is 9.85. The van der Waals surface area contributed by atoms with Crippen LogP contribution in [0, 0.1) is 6.92 Å². The second-order valence-electron chi connectivity index (χ2n) is 6.92. The maximum absolute atomic E-state index is 12.7. The molecular weight excluding hydrogens is 338 g/mol. The van der Waals surface area contributed by atoms with Crippen LogP contribution in [0.1, 0.15) is 42.3 Å². The topological polar surface area (TPSA) is 72.5 Å². The lowest BCUT2D eigenvalue weighted by Gasteiger charge is -2.24. The first-order valence-corrected chi connectivity index (χ1v) is 9.35. The normalized spacial score (nSPS) is 11.9. The summed E-state index contributed by atoms with van der Waals surface area (Å²) < 4.78 is 32.7. The van der Waals surface area contributed by atoms with Gasteiger partial charge in [0.1, 0.15) is 0 Å². The van der Waals surface area contributed by atoms with Crippen molar-refractivity contribution in [1.29, 1.82) is 0 Å². The molecule has 0 atom stereocenters. The number of sulfonamides is 1. The van der Waals surface area contributed by atoms with Crippen LogP contribution < -0.4 is 4.72 Å². The van der Waals surface area contributed by atoms with Gasteiger partial charge in [0, 0.05) is 0 Å². The van der Waals surface area contributed by atoms with Crippen molar-refractivity contribution >= 4 is 21.7 Å². The highest BCUT2D eigenvalue weighted by atomic mass is 32.2. The number of carbonyl (C=O) groups is 1. The van der Waals surface area contributed by atoms with Crippen molar-refractivity contribution in [1.82, 2.24) is 0 Å². The van der Waals surface area contributed by atoms with Crippen LogP contribution in [-0.4, -0.2) is 21.5 Å². The predicted octanol–water partition coefficient (Wildman–Crippen LogP) is 3.88. The zero-order valence-electron chi connectivity index (χ0n) is 15.1. The Hall–Kier alpha value is -2.34. The van der Waals surface area contributed by atoms with Crippen molar-refractivity contribution in [3.8, 4) is 0 Å². The minimum atomic E-state index is -3.72. The Morgan fingerprint density at radius 3 is 2.16 bits per heavy atom. The summed E-state index contributed by atoms with van der Waals surface area (Å²) in [7, 11) is -2.41. The average Bonchev–Trinajstić information content (AvgIpc) is 2.53. The summed E-state index contributed by atoms with van der Waals surface area (Å²) in [6.45, 7) is 7.75. The van der Waals surface area contributed by atoms with Gasteiger partial charge in [0.2, 0.25) is 0 Å². The molecule has 0 spiro atoms. The SMILES string of the molecule is COC(=O)c1ccc(NS(=O)(=O)c2ccc(C)cc2)c(C(C)(C)C)c1. The zero-order valence-corrected chi connectivity index (χ0v) is 15.9. The molecule has 0 bridgehead atoms. The second-order valence-corrected chi connectivity index (χ2v) is 8.60. The summed E-state index contributed by atoms with van der Waals surface area (Å²) in [5.74, 6) is -0.460. The van der Waals surface area contributed by atoms with Crippen molar-refractivity contribution in [3.63, 3.8) is 0 Å². The van der Waals surface area contributed by atoms with Gasteiger partial charge in [0.15, 0.2) is 0 Å². The van der Waals surface area contributed by atoms with E-state index < -0.39 is 16.0 Å². The summed E-state index contributed by atoms with van der Waals surface area (Å²) in [5.41, 5.74) is 2.16. The van der Waals surface area contributed by atoms with Gasteiger partial charge >= 0.3 is 5.97 Å². The fourth-order valence-electron chi connectivity index (χ4n) is 2.42. The van der Waals surface area contributed by atoms with Crippen molar-refractivity contribution in [2.75, 3.05) is 11.8 Å². The fraction of sp³-hybridized carbons (Fsp3) is 0.316. The van der Waals surface area contributed by atoms with Crippen LogP contribution in [0.15, 0.2) is 47.4 Å². The fourth-order valence-corrected chi connectivity index (χ4v) is 3.50. The van der Waals surface area contributed by atoms with Gasteiger partial charge in [-0.3, -0.25) is 4.72 Å². The Morgan fingerprint density at radius 1 is 1.04 bits per heavy atom. The Kier molecular flexibility index (Phi) is 5.23. The van der Waals surface area contributed by atoms with E-state index >= 15 is 0 Å². The van der Waals surface area contributed by atoms with Crippen molar-refractivity contribution in [2.45, 2.75) is 38.0 Å². The van der Waals surface area contributed by atoms with Crippen LogP contribution in [0.25, 0.3) is 0 Å². The number of methoxy groups -OCH3 is 1. The van der Waals surface area contributed by atoms with Crippen LogP contribution in [0.5, 0.6) is 0 Å². The standard InChI is InChI=1S/C19H23NO4S/c1-13-6-9-15(10-7-13)25(22,23)20-17-11-8-14(18(21)24-5)12-16(17)19(2,3)4/h6-12,20H,1-5H3. The first-order chi connectivity index (χ1) is 11.5. The predicted molar refractivity (Wildman–Crippen MR) is 98.5 cm³/mol. The lowest BCUT2D eigenvalue weighted by Crippen LogP contribution is -2.20. The Morgan fingerprint density at radius 2 is 1.64 bits per heavy atom. The quantitative estimate of drug-likeness (QED) is 0.839. The van der Waals surface area contributed by atoms with Crippen molar-refractivity contribution in [2.24, 2.45) is 0 Å². The van der Waals surface area contributed by atoms with Crippen LogP contribution in [-0.2, 0) is 20.2 Å². The maximum atomic E-state index is 12.7. The number of hydrogen-bond acceptors (Lipinski definition) is 4. The van der Waals surface area contributed by atoms with E-state index in [0.717, 1.165) is 5.56 Å². The third kappa shape index (κ3) is 4.39. The summed E-state index contributed by atoms with van der Waals surface area (Å²) >= 11 is 0. The van der Waals surface area contributed by atoms with Crippen LogP contribution in [0.3, 0.4) is 0 Å². The molecule has 0 aliphatic carbocycles. The Labute approximate surface area is 149 Å². The number of aryl methyl sites for hydroxylation is 1. The Bertz CT molecular complexity index is 879. The molecular formula is C19H23NO4S. The molecule has 2 aromatic carbocycles. The van der Waals surface area contributed by atoms with E-state index in [-0.39, 0.29) is 10.3 Å². The molecule has 134 valence electrons. The van der Waals surface area contributed by atoms with Crippen LogP contribution >= 0.6 is 0 Å². The van der Waals surface area contributed by atoms with Crippen molar-refractivity contribution < 1.29 is 17.9 Å². The molecule has 2 rings (SSSR count). The van der Waals surface area contributed by atoms with Gasteiger partial charge in [0.05, 0.1) is 23.3 Å². The van der Waals surface area contributed by atoms with E-state index in [1.807, 2.05) is 27.7 Å². The third-order valence-electron chi connectivity index (χ3n) is 3.82. The highest BCUT2D eigenvalue weighted by Gasteiger charge is 2.23. The van der Waals surface area contributed by atoms with Gasteiger partial charge in [-0.1, -0.05) is 38.5 Å². The highest BCUT2D eigenvalue weighted by molar-refractivity contribution is 7.92. The zero-order chi connectivity index (χ0) is 18.8. The molecule has 5 nitrogen and oxygen atoms in total. The van der Waals surface area contributed by atoms with Gasteiger partial charge in [0.25, 0.3) is 10.0 Å². The first kappa shape index (κ1) is 19.0. The summed E-state index contributed by atoms with van der Waals surface area (Å²) in [6, 6.07) is 11.4. The molecule has 0 amide bonds. The van der Waals surface area contributed by atoms with E-state index in [4.69, 9.17) is 4.74 Å². The molecule has 0 saturated heterocycles. The maximum Gasteiger partial charge on any atom is 0.337 e. The van der Waals surface area contributed by atoms with E-state index in [9.17, 15) is 13.2 Å². The summed E-state index contributed by atoms with van der Waals surface area (Å²) in [4.78, 5) is 12.0. The third-order valence-corrected chi connectivity index (χ3v) is 5.21. The number of benzene rings is 2. The van der Waals surface area contributed by atoms with Crippen LogP contribution in [0.4, 0.5) is 5.69 Å². The first-order valence-electron chi connectivity index (χ1n) is 7.87. The van der Waals surface area contributed by atoms with Gasteiger partial charge in [-0.2, -0.15) is 0 Å². The number of anilines is 1. The number of esters is 1. The number of ether oxygens (including phenoxy) is 1. The molecule has 0 saturated carbocycles. The van der Waals surface area contributed by atoms with Gasteiger partial charge in [-0.25, -0.2) is 13.2 Å². The van der Waals surface area contributed by atoms with E-state index in [1.54, 1.807) is 42.5 Å². The monoisotopic (exact) mass is 361 g/mol. The minimum absolute atomic E-state index is 0.190. The molecule has 2 aromatic rings. The number of nitrogens with one attached hydrogen (secondary N) is 1. The van der Waals surface area contributed by atoms with Gasteiger partial charge < -0.3 is 4.74 Å². The molecule has 25 heavy (non-hydrogen) atoms. The van der Waals surface area contributed by atoms with Gasteiger partial charge in [-0.15, -0.1) is 0 Å².